The second-order valence-corrected chi connectivity index (χ2v) is 2.88. The third kappa shape index (κ3) is 1.61. The van der Waals surface area contributed by atoms with Crippen LogP contribution in [0.1, 0.15) is 0 Å². The first-order valence-electron chi connectivity index (χ1n) is 2.59. The Morgan fingerprint density at radius 3 is 2.90 bits per heavy atom. The quantitative estimate of drug-likeness (QED) is 0.612. The highest BCUT2D eigenvalue weighted by Gasteiger charge is 2.00. The minimum absolute atomic E-state index is 0.329. The Morgan fingerprint density at radius 2 is 2.40 bits per heavy atom. The van der Waals surface area contributed by atoms with E-state index in [2.05, 4.69) is 4.98 Å². The summed E-state index contributed by atoms with van der Waals surface area (Å²) in [7, 11) is 0. The smallest absolute Gasteiger partial charge is 0.156 e. The molecule has 1 heterocycles. The Labute approximate surface area is 67.6 Å². The van der Waals surface area contributed by atoms with Gasteiger partial charge in [0.05, 0.1) is 5.02 Å². The SMILES string of the molecule is CSc1ncc(Cl)cc1F. The highest BCUT2D eigenvalue weighted by molar-refractivity contribution is 7.98. The molecule has 0 aromatic carbocycles. The summed E-state index contributed by atoms with van der Waals surface area (Å²) >= 11 is 6.72. The predicted molar refractivity (Wildman–Crippen MR) is 41.0 cm³/mol. The van der Waals surface area contributed by atoms with Gasteiger partial charge in [0.15, 0.2) is 5.82 Å². The predicted octanol–water partition coefficient (Wildman–Crippen LogP) is 2.60. The highest BCUT2D eigenvalue weighted by Crippen LogP contribution is 2.18. The average Bonchev–Trinajstić information content (AvgIpc) is 1.88. The summed E-state index contributed by atoms with van der Waals surface area (Å²) in [5, 5.41) is 0.708. The molecule has 0 saturated carbocycles. The van der Waals surface area contributed by atoms with Gasteiger partial charge in [-0.1, -0.05) is 11.6 Å². The zero-order valence-corrected chi connectivity index (χ0v) is 6.84. The summed E-state index contributed by atoms with van der Waals surface area (Å²) in [5.74, 6) is -0.361. The van der Waals surface area contributed by atoms with Crippen molar-refractivity contribution in [3.63, 3.8) is 0 Å². The van der Waals surface area contributed by atoms with Crippen molar-refractivity contribution in [1.82, 2.24) is 4.98 Å². The van der Waals surface area contributed by atoms with Crippen molar-refractivity contribution < 1.29 is 4.39 Å². The van der Waals surface area contributed by atoms with Gasteiger partial charge in [-0.15, -0.1) is 11.8 Å². The molecule has 0 bridgehead atoms. The summed E-state index contributed by atoms with van der Waals surface area (Å²) in [6, 6.07) is 1.25. The highest BCUT2D eigenvalue weighted by atomic mass is 35.5. The van der Waals surface area contributed by atoms with Gasteiger partial charge in [-0.25, -0.2) is 9.37 Å². The fraction of sp³-hybridized carbons (Fsp3) is 0.167. The van der Waals surface area contributed by atoms with E-state index >= 15 is 0 Å². The van der Waals surface area contributed by atoms with Crippen LogP contribution >= 0.6 is 23.4 Å². The van der Waals surface area contributed by atoms with E-state index in [4.69, 9.17) is 11.6 Å². The first-order chi connectivity index (χ1) is 4.74. The molecule has 0 aliphatic rings. The minimum Gasteiger partial charge on any atom is -0.245 e. The van der Waals surface area contributed by atoms with Crippen LogP contribution in [-0.4, -0.2) is 11.2 Å². The van der Waals surface area contributed by atoms with Crippen molar-refractivity contribution in [2.45, 2.75) is 5.03 Å². The maximum atomic E-state index is 12.7. The van der Waals surface area contributed by atoms with E-state index in [0.29, 0.717) is 10.0 Å². The van der Waals surface area contributed by atoms with Gasteiger partial charge in [0.2, 0.25) is 0 Å². The standard InChI is InChI=1S/C6H5ClFNS/c1-10-6-5(8)2-4(7)3-9-6/h2-3H,1H3. The molecule has 0 saturated heterocycles. The number of rotatable bonds is 1. The summed E-state index contributed by atoms with van der Waals surface area (Å²) in [6.07, 6.45) is 3.19. The molecule has 0 N–H and O–H groups in total. The van der Waals surface area contributed by atoms with Crippen molar-refractivity contribution >= 4 is 23.4 Å². The van der Waals surface area contributed by atoms with Gasteiger partial charge >= 0.3 is 0 Å². The first-order valence-corrected chi connectivity index (χ1v) is 4.19. The molecule has 0 spiro atoms. The Kier molecular flexibility index (Phi) is 2.51. The van der Waals surface area contributed by atoms with Gasteiger partial charge < -0.3 is 0 Å². The number of nitrogens with zero attached hydrogens (tertiary/aromatic N) is 1. The minimum atomic E-state index is -0.361. The number of aromatic nitrogens is 1. The number of hydrogen-bond donors (Lipinski definition) is 0. The molecule has 10 heavy (non-hydrogen) atoms. The van der Waals surface area contributed by atoms with E-state index in [1.807, 2.05) is 0 Å². The van der Waals surface area contributed by atoms with E-state index in [0.717, 1.165) is 0 Å². The molecule has 4 heteroatoms. The number of pyridine rings is 1. The van der Waals surface area contributed by atoms with Crippen molar-refractivity contribution in [3.05, 3.63) is 23.1 Å². The molecule has 1 aromatic rings. The van der Waals surface area contributed by atoms with E-state index in [1.165, 1.54) is 24.0 Å². The van der Waals surface area contributed by atoms with Crippen LogP contribution < -0.4 is 0 Å². The maximum Gasteiger partial charge on any atom is 0.156 e. The Balaban J connectivity index is 3.07. The lowest BCUT2D eigenvalue weighted by molar-refractivity contribution is 0.588. The molecule has 0 unspecified atom stereocenters. The zero-order valence-electron chi connectivity index (χ0n) is 5.27. The summed E-state index contributed by atoms with van der Waals surface area (Å²) in [5.41, 5.74) is 0. The molecule has 0 aliphatic heterocycles. The van der Waals surface area contributed by atoms with Crippen molar-refractivity contribution in [2.75, 3.05) is 6.26 Å². The van der Waals surface area contributed by atoms with Gasteiger partial charge in [-0.2, -0.15) is 0 Å². The van der Waals surface area contributed by atoms with Crippen LogP contribution in [0.25, 0.3) is 0 Å². The van der Waals surface area contributed by atoms with E-state index in [1.54, 1.807) is 6.26 Å². The van der Waals surface area contributed by atoms with Gasteiger partial charge in [0.1, 0.15) is 5.03 Å². The third-order valence-corrected chi connectivity index (χ3v) is 1.86. The molecule has 1 rings (SSSR count). The number of hydrogen-bond acceptors (Lipinski definition) is 2. The molecule has 54 valence electrons. The van der Waals surface area contributed by atoms with Gasteiger partial charge in [0.25, 0.3) is 0 Å². The average molecular weight is 178 g/mol. The number of halogens is 2. The van der Waals surface area contributed by atoms with Gasteiger partial charge in [-0.05, 0) is 12.3 Å². The molecule has 1 nitrogen and oxygen atoms in total. The van der Waals surface area contributed by atoms with Gasteiger partial charge in [0, 0.05) is 6.20 Å². The van der Waals surface area contributed by atoms with Gasteiger partial charge in [-0.3, -0.25) is 0 Å². The molecular formula is C6H5ClFNS. The molecule has 0 fully saturated rings. The van der Waals surface area contributed by atoms with Crippen molar-refractivity contribution in [3.8, 4) is 0 Å². The molecular weight excluding hydrogens is 173 g/mol. The van der Waals surface area contributed by atoms with E-state index in [-0.39, 0.29) is 5.82 Å². The lowest BCUT2D eigenvalue weighted by atomic mass is 10.5. The Hall–Kier alpha value is -0.280. The van der Waals surface area contributed by atoms with Crippen LogP contribution in [0.15, 0.2) is 17.3 Å². The zero-order chi connectivity index (χ0) is 7.56. The van der Waals surface area contributed by atoms with Crippen LogP contribution in [0.3, 0.4) is 0 Å². The molecule has 0 amide bonds. The van der Waals surface area contributed by atoms with Crippen molar-refractivity contribution in [2.24, 2.45) is 0 Å². The molecule has 1 aromatic heterocycles. The summed E-state index contributed by atoms with van der Waals surface area (Å²) < 4.78 is 12.7. The largest absolute Gasteiger partial charge is 0.245 e. The van der Waals surface area contributed by atoms with Crippen LogP contribution in [0.4, 0.5) is 4.39 Å². The summed E-state index contributed by atoms with van der Waals surface area (Å²) in [6.45, 7) is 0. The number of thioether (sulfide) groups is 1. The second-order valence-electron chi connectivity index (χ2n) is 1.64. The Bertz CT molecular complexity index is 241. The van der Waals surface area contributed by atoms with Crippen LogP contribution in [0.5, 0.6) is 0 Å². The normalized spacial score (nSPS) is 9.90. The fourth-order valence-electron chi connectivity index (χ4n) is 0.552. The molecule has 0 radical (unpaired) electrons. The van der Waals surface area contributed by atoms with E-state index in [9.17, 15) is 4.39 Å². The first kappa shape index (κ1) is 7.82. The lowest BCUT2D eigenvalue weighted by Gasteiger charge is -1.95. The third-order valence-electron chi connectivity index (χ3n) is 0.967. The second kappa shape index (κ2) is 3.21. The lowest BCUT2D eigenvalue weighted by Crippen LogP contribution is -1.83. The van der Waals surface area contributed by atoms with Crippen molar-refractivity contribution in [1.29, 1.82) is 0 Å². The van der Waals surface area contributed by atoms with E-state index < -0.39 is 0 Å². The summed E-state index contributed by atoms with van der Waals surface area (Å²) in [4.78, 5) is 3.75. The van der Waals surface area contributed by atoms with Crippen LogP contribution in [0, 0.1) is 5.82 Å². The van der Waals surface area contributed by atoms with Crippen LogP contribution in [-0.2, 0) is 0 Å². The monoisotopic (exact) mass is 177 g/mol. The maximum absolute atomic E-state index is 12.7. The Morgan fingerprint density at radius 1 is 1.70 bits per heavy atom. The van der Waals surface area contributed by atoms with Crippen LogP contribution in [0.2, 0.25) is 5.02 Å². The topological polar surface area (TPSA) is 12.9 Å². The molecule has 0 atom stereocenters. The molecule has 0 aliphatic carbocycles. The fourth-order valence-corrected chi connectivity index (χ4v) is 1.11.